The minimum atomic E-state index is -3.54. The summed E-state index contributed by atoms with van der Waals surface area (Å²) in [6.45, 7) is 2.31. The van der Waals surface area contributed by atoms with Gasteiger partial charge in [-0.25, -0.2) is 8.42 Å². The fraction of sp³-hybridized carbons (Fsp3) is 0.385. The van der Waals surface area contributed by atoms with Gasteiger partial charge in [-0.05, 0) is 31.9 Å². The summed E-state index contributed by atoms with van der Waals surface area (Å²) in [5.41, 5.74) is 0.755. The first kappa shape index (κ1) is 13.3. The molecular formula is C13H15N3O3S. The number of nitrogens with zero attached hydrogens (tertiary/aromatic N) is 3. The Kier molecular flexibility index (Phi) is 3.31. The van der Waals surface area contributed by atoms with E-state index in [1.165, 1.54) is 10.5 Å². The molecule has 1 aliphatic rings. The first-order chi connectivity index (χ1) is 9.59. The first-order valence-electron chi connectivity index (χ1n) is 6.44. The second kappa shape index (κ2) is 4.99. The van der Waals surface area contributed by atoms with Crippen molar-refractivity contribution in [2.45, 2.75) is 30.7 Å². The van der Waals surface area contributed by atoms with E-state index in [0.29, 0.717) is 12.3 Å². The first-order valence-corrected chi connectivity index (χ1v) is 7.88. The third-order valence-corrected chi connectivity index (χ3v) is 5.31. The molecule has 0 aromatic carbocycles. The van der Waals surface area contributed by atoms with Crippen molar-refractivity contribution in [1.82, 2.24) is 14.4 Å². The summed E-state index contributed by atoms with van der Waals surface area (Å²) in [4.78, 5) is 4.09. The van der Waals surface area contributed by atoms with Crippen LogP contribution in [0.5, 0.6) is 0 Å². The van der Waals surface area contributed by atoms with E-state index < -0.39 is 10.0 Å². The number of hydrogen-bond acceptors (Lipinski definition) is 5. The van der Waals surface area contributed by atoms with Gasteiger partial charge in [0.2, 0.25) is 10.0 Å². The van der Waals surface area contributed by atoms with E-state index in [-0.39, 0.29) is 10.9 Å². The van der Waals surface area contributed by atoms with Crippen LogP contribution in [0.1, 0.15) is 30.3 Å². The van der Waals surface area contributed by atoms with Crippen LogP contribution < -0.4 is 0 Å². The SMILES string of the molecule is Cc1cc([C@@H]2CCCN2S(=O)(=O)c2cccnc2)on1. The Bertz CT molecular complexity index is 697. The van der Waals surface area contributed by atoms with Gasteiger partial charge in [-0.2, -0.15) is 4.31 Å². The van der Waals surface area contributed by atoms with Crippen LogP contribution in [0, 0.1) is 6.92 Å². The van der Waals surface area contributed by atoms with E-state index in [2.05, 4.69) is 10.1 Å². The maximum Gasteiger partial charge on any atom is 0.245 e. The van der Waals surface area contributed by atoms with Gasteiger partial charge in [0.25, 0.3) is 0 Å². The van der Waals surface area contributed by atoms with Gasteiger partial charge in [0.1, 0.15) is 4.90 Å². The lowest BCUT2D eigenvalue weighted by Gasteiger charge is -2.21. The van der Waals surface area contributed by atoms with Crippen LogP contribution in [0.25, 0.3) is 0 Å². The van der Waals surface area contributed by atoms with Crippen LogP contribution in [0.3, 0.4) is 0 Å². The fourth-order valence-corrected chi connectivity index (χ4v) is 4.12. The molecule has 1 atom stereocenters. The van der Waals surface area contributed by atoms with Gasteiger partial charge in [-0.3, -0.25) is 4.98 Å². The molecule has 0 unspecified atom stereocenters. The zero-order chi connectivity index (χ0) is 14.2. The zero-order valence-electron chi connectivity index (χ0n) is 11.1. The highest BCUT2D eigenvalue weighted by molar-refractivity contribution is 7.89. The van der Waals surface area contributed by atoms with Crippen LogP contribution in [-0.2, 0) is 10.0 Å². The molecule has 1 fully saturated rings. The fourth-order valence-electron chi connectivity index (χ4n) is 2.49. The lowest BCUT2D eigenvalue weighted by molar-refractivity contribution is 0.297. The normalized spacial score (nSPS) is 20.4. The predicted molar refractivity (Wildman–Crippen MR) is 71.3 cm³/mol. The topological polar surface area (TPSA) is 76.3 Å². The van der Waals surface area contributed by atoms with E-state index in [4.69, 9.17) is 4.52 Å². The Balaban J connectivity index is 1.97. The number of hydrogen-bond donors (Lipinski definition) is 0. The Morgan fingerprint density at radius 2 is 2.30 bits per heavy atom. The second-order valence-electron chi connectivity index (χ2n) is 4.83. The molecule has 0 saturated carbocycles. The van der Waals surface area contributed by atoms with E-state index >= 15 is 0 Å². The van der Waals surface area contributed by atoms with Crippen molar-refractivity contribution in [2.75, 3.05) is 6.54 Å². The van der Waals surface area contributed by atoms with Crippen LogP contribution in [-0.4, -0.2) is 29.4 Å². The molecule has 0 N–H and O–H groups in total. The third-order valence-electron chi connectivity index (χ3n) is 3.42. The predicted octanol–water partition coefficient (Wildman–Crippen LogP) is 1.90. The lowest BCUT2D eigenvalue weighted by atomic mass is 10.2. The summed E-state index contributed by atoms with van der Waals surface area (Å²) in [7, 11) is -3.54. The molecular weight excluding hydrogens is 278 g/mol. The highest BCUT2D eigenvalue weighted by atomic mass is 32.2. The standard InChI is InChI=1S/C13H15N3O3S/c1-10-8-13(19-15-10)12-5-3-7-16(12)20(17,18)11-4-2-6-14-9-11/h2,4,6,8-9,12H,3,5,7H2,1H3/t12-/m0/s1. The smallest absolute Gasteiger partial charge is 0.245 e. The van der Waals surface area contributed by atoms with Gasteiger partial charge >= 0.3 is 0 Å². The molecule has 0 radical (unpaired) electrons. The average Bonchev–Trinajstić information content (AvgIpc) is 3.08. The van der Waals surface area contributed by atoms with Crippen molar-refractivity contribution in [2.24, 2.45) is 0 Å². The molecule has 0 aliphatic carbocycles. The Hall–Kier alpha value is -1.73. The minimum absolute atomic E-state index is 0.211. The maximum absolute atomic E-state index is 12.6. The van der Waals surface area contributed by atoms with E-state index in [1.54, 1.807) is 24.4 Å². The molecule has 0 spiro atoms. The molecule has 20 heavy (non-hydrogen) atoms. The van der Waals surface area contributed by atoms with Crippen molar-refractivity contribution >= 4 is 10.0 Å². The summed E-state index contributed by atoms with van der Waals surface area (Å²) in [5, 5.41) is 3.84. The summed E-state index contributed by atoms with van der Waals surface area (Å²) in [6.07, 6.45) is 4.48. The Morgan fingerprint density at radius 3 is 2.95 bits per heavy atom. The van der Waals surface area contributed by atoms with Crippen LogP contribution in [0.15, 0.2) is 40.0 Å². The Morgan fingerprint density at radius 1 is 1.45 bits per heavy atom. The summed E-state index contributed by atoms with van der Waals surface area (Å²) >= 11 is 0. The molecule has 1 saturated heterocycles. The third kappa shape index (κ3) is 2.23. The minimum Gasteiger partial charge on any atom is -0.359 e. The summed E-state index contributed by atoms with van der Waals surface area (Å²) in [6, 6.07) is 4.70. The van der Waals surface area contributed by atoms with Crippen molar-refractivity contribution in [1.29, 1.82) is 0 Å². The van der Waals surface area contributed by atoms with Crippen molar-refractivity contribution in [3.63, 3.8) is 0 Å². The number of aromatic nitrogens is 2. The van der Waals surface area contributed by atoms with Gasteiger partial charge in [0.15, 0.2) is 5.76 Å². The van der Waals surface area contributed by atoms with Crippen molar-refractivity contribution in [3.8, 4) is 0 Å². The van der Waals surface area contributed by atoms with E-state index in [0.717, 1.165) is 18.5 Å². The highest BCUT2D eigenvalue weighted by Crippen LogP contribution is 2.36. The van der Waals surface area contributed by atoms with E-state index in [1.807, 2.05) is 6.92 Å². The summed E-state index contributed by atoms with van der Waals surface area (Å²) in [5.74, 6) is 0.604. The molecule has 2 aromatic heterocycles. The molecule has 3 heterocycles. The van der Waals surface area contributed by atoms with Crippen LogP contribution in [0.4, 0.5) is 0 Å². The van der Waals surface area contributed by atoms with E-state index in [9.17, 15) is 8.42 Å². The molecule has 0 bridgehead atoms. The number of sulfonamides is 1. The highest BCUT2D eigenvalue weighted by Gasteiger charge is 2.38. The average molecular weight is 293 g/mol. The molecule has 3 rings (SSSR count). The maximum atomic E-state index is 12.6. The molecule has 106 valence electrons. The largest absolute Gasteiger partial charge is 0.359 e. The lowest BCUT2D eigenvalue weighted by Crippen LogP contribution is -2.30. The molecule has 1 aliphatic heterocycles. The van der Waals surface area contributed by atoms with Gasteiger partial charge in [-0.1, -0.05) is 5.16 Å². The molecule has 7 heteroatoms. The van der Waals surface area contributed by atoms with Crippen LogP contribution >= 0.6 is 0 Å². The molecule has 0 amide bonds. The van der Waals surface area contributed by atoms with Gasteiger partial charge in [0.05, 0.1) is 11.7 Å². The zero-order valence-corrected chi connectivity index (χ0v) is 11.9. The number of aryl methyl sites for hydroxylation is 1. The van der Waals surface area contributed by atoms with Crippen molar-refractivity contribution < 1.29 is 12.9 Å². The van der Waals surface area contributed by atoms with Gasteiger partial charge in [-0.15, -0.1) is 0 Å². The van der Waals surface area contributed by atoms with Gasteiger partial charge in [0, 0.05) is 25.0 Å². The quantitative estimate of drug-likeness (QED) is 0.864. The molecule has 6 nitrogen and oxygen atoms in total. The van der Waals surface area contributed by atoms with Crippen molar-refractivity contribution in [3.05, 3.63) is 42.0 Å². The van der Waals surface area contributed by atoms with Crippen LogP contribution in [0.2, 0.25) is 0 Å². The summed E-state index contributed by atoms with van der Waals surface area (Å²) < 4.78 is 32.0. The second-order valence-corrected chi connectivity index (χ2v) is 6.72. The van der Waals surface area contributed by atoms with Gasteiger partial charge < -0.3 is 4.52 Å². The monoisotopic (exact) mass is 293 g/mol. The number of pyridine rings is 1. The number of rotatable bonds is 3. The molecule has 2 aromatic rings. The Labute approximate surface area is 117 Å².